The van der Waals surface area contributed by atoms with Gasteiger partial charge in [0, 0.05) is 55.0 Å². The minimum atomic E-state index is 0. The Labute approximate surface area is 102 Å². The van der Waals surface area contributed by atoms with Crippen molar-refractivity contribution in [2.75, 3.05) is 0 Å². The van der Waals surface area contributed by atoms with E-state index in [2.05, 4.69) is 0 Å². The fourth-order valence-electron chi connectivity index (χ4n) is 0. The van der Waals surface area contributed by atoms with Crippen molar-refractivity contribution in [3.8, 4) is 0 Å². The molecule has 0 atom stereocenters. The number of hydrogen-bond donors (Lipinski definition) is 0. The summed E-state index contributed by atoms with van der Waals surface area (Å²) in [5, 5.41) is 0. The summed E-state index contributed by atoms with van der Waals surface area (Å²) in [6.45, 7) is 0. The van der Waals surface area contributed by atoms with Crippen molar-refractivity contribution in [3.63, 3.8) is 0 Å². The third-order valence-electron chi connectivity index (χ3n) is 0. The average molecular weight is 560 g/mol. The topological polar surface area (TPSA) is 0 Å². The summed E-state index contributed by atoms with van der Waals surface area (Å²) in [4.78, 5) is 0. The van der Waals surface area contributed by atoms with Crippen LogP contribution in [0, 0.1) is 0 Å². The summed E-state index contributed by atoms with van der Waals surface area (Å²) in [5.41, 5.74) is 0. The second-order valence-corrected chi connectivity index (χ2v) is 0. The van der Waals surface area contributed by atoms with Gasteiger partial charge in [-0.1, -0.05) is 0 Å². The first-order valence-electron chi connectivity index (χ1n) is 0. The zero-order chi connectivity index (χ0) is 0. The van der Waals surface area contributed by atoms with E-state index in [4.69, 9.17) is 0 Å². The Bertz CT molecular complexity index is 8.00. The molecule has 0 nitrogen and oxygen atoms in total. The summed E-state index contributed by atoms with van der Waals surface area (Å²) in [6, 6.07) is 0. The first-order chi connectivity index (χ1) is 0. The van der Waals surface area contributed by atoms with E-state index in [0.717, 1.165) is 0 Å². The van der Waals surface area contributed by atoms with E-state index in [1.165, 1.54) is 0 Å². The van der Waals surface area contributed by atoms with Gasteiger partial charge in [0.15, 0.2) is 0 Å². The van der Waals surface area contributed by atoms with Gasteiger partial charge in [0.05, 0.1) is 0 Å². The van der Waals surface area contributed by atoms with Crippen molar-refractivity contribution in [1.82, 2.24) is 0 Å². The van der Waals surface area contributed by atoms with Crippen LogP contribution in [0.4, 0.5) is 0 Å². The Morgan fingerprint density at radius 1 is 1.00 bits per heavy atom. The van der Waals surface area contributed by atoms with Crippen molar-refractivity contribution >= 4 is 49.5 Å². The SMILES string of the molecule is [Cd].[Hg].[InH3].[TeH2]. The van der Waals surface area contributed by atoms with Crippen molar-refractivity contribution in [2.45, 2.75) is 0 Å². The van der Waals surface area contributed by atoms with Gasteiger partial charge in [0.1, 0.15) is 0 Å². The molecule has 0 amide bonds. The van der Waals surface area contributed by atoms with E-state index in [1.54, 1.807) is 0 Å². The van der Waals surface area contributed by atoms with Crippen LogP contribution in [0.1, 0.15) is 0 Å². The average Bonchev–Trinajstić information content (AvgIpc) is 0. The molecule has 0 rings (SSSR count). The molecule has 18 valence electrons. The molecule has 0 saturated carbocycles. The van der Waals surface area contributed by atoms with Gasteiger partial charge in [-0.25, -0.2) is 0 Å². The molecule has 0 heterocycles. The van der Waals surface area contributed by atoms with Crippen molar-refractivity contribution in [3.05, 3.63) is 0 Å². The summed E-state index contributed by atoms with van der Waals surface area (Å²) in [5.74, 6) is 0. The third-order valence-corrected chi connectivity index (χ3v) is 0. The predicted molar refractivity (Wildman–Crippen MR) is 18.5 cm³/mol. The van der Waals surface area contributed by atoms with Crippen LogP contribution in [0.3, 0.4) is 0 Å². The Morgan fingerprint density at radius 2 is 1.00 bits per heavy atom. The molecule has 0 radical (unpaired) electrons. The molecule has 0 aliphatic carbocycles. The van der Waals surface area contributed by atoms with Gasteiger partial charge < -0.3 is 0 Å². The molecule has 0 aromatic rings. The number of hydrogen-bond acceptors (Lipinski definition) is 0. The van der Waals surface area contributed by atoms with Crippen LogP contribution in [-0.4, -0.2) is 49.5 Å². The Hall–Kier alpha value is 3.52. The van der Waals surface area contributed by atoms with Crippen LogP contribution >= 0.6 is 0 Å². The molecule has 0 N–H and O–H groups in total. The van der Waals surface area contributed by atoms with Gasteiger partial charge in [0.2, 0.25) is 0 Å². The third kappa shape index (κ3) is 9.10. The van der Waals surface area contributed by atoms with Gasteiger partial charge in [-0.05, 0) is 0 Å². The van der Waals surface area contributed by atoms with Gasteiger partial charge in [0.25, 0.3) is 0 Å². The second kappa shape index (κ2) is 16.0. The van der Waals surface area contributed by atoms with Crippen molar-refractivity contribution in [2.24, 2.45) is 0 Å². The minimum absolute atomic E-state index is 0. The van der Waals surface area contributed by atoms with E-state index in [0.29, 0.717) is 0 Å². The molecular weight excluding hydrogens is 555 g/mol. The molecule has 0 bridgehead atoms. The Balaban J connectivity index is 0. The standard InChI is InChI=1S/Cd.Hg.In.H2Te.3H/h;;;1H2;;;. The molecule has 0 aliphatic rings. The van der Waals surface area contributed by atoms with E-state index >= 15 is 0 Å². The maximum absolute atomic E-state index is 0. The fourth-order valence-corrected chi connectivity index (χ4v) is 0. The maximum atomic E-state index is 0. The Kier molecular flexibility index (Phi) is 103. The van der Waals surface area contributed by atoms with Crippen LogP contribution in [-0.2, 0) is 55.0 Å². The van der Waals surface area contributed by atoms with Crippen LogP contribution in [0.5, 0.6) is 0 Å². The summed E-state index contributed by atoms with van der Waals surface area (Å²) in [7, 11) is 0. The Morgan fingerprint density at radius 3 is 1.00 bits per heavy atom. The molecule has 0 fully saturated rings. The van der Waals surface area contributed by atoms with E-state index in [1.807, 2.05) is 0 Å². The monoisotopic (exact) mass is 566 g/mol. The second-order valence-electron chi connectivity index (χ2n) is 0. The van der Waals surface area contributed by atoms with Gasteiger partial charge in [-0.15, -0.1) is 0 Å². The first-order valence-corrected chi connectivity index (χ1v) is 0. The van der Waals surface area contributed by atoms with E-state index < -0.39 is 0 Å². The molecular formula is H5CdHgInTe. The molecule has 4 heavy (non-hydrogen) atoms. The fraction of sp³-hybridized carbons (Fsp3) is 0. The molecule has 0 aliphatic heterocycles. The van der Waals surface area contributed by atoms with E-state index in [9.17, 15) is 0 Å². The predicted octanol–water partition coefficient (Wildman–Crippen LogP) is -2.11. The summed E-state index contributed by atoms with van der Waals surface area (Å²) in [6.07, 6.45) is 0. The zero-order valence-corrected chi connectivity index (χ0v) is 14.3. The van der Waals surface area contributed by atoms with Gasteiger partial charge in [-0.2, -0.15) is 0 Å². The van der Waals surface area contributed by atoms with Crippen LogP contribution in [0.2, 0.25) is 0 Å². The quantitative estimate of drug-likeness (QED) is 0.298. The summed E-state index contributed by atoms with van der Waals surface area (Å²) >= 11 is 0. The van der Waals surface area contributed by atoms with Gasteiger partial charge >= 0.3 is 49.5 Å². The molecule has 0 spiro atoms. The van der Waals surface area contributed by atoms with Crippen LogP contribution in [0.25, 0.3) is 0 Å². The molecule has 0 aromatic heterocycles. The van der Waals surface area contributed by atoms with Crippen molar-refractivity contribution in [1.29, 1.82) is 0 Å². The van der Waals surface area contributed by atoms with Crippen LogP contribution < -0.4 is 0 Å². The molecule has 0 aromatic carbocycles. The van der Waals surface area contributed by atoms with Crippen molar-refractivity contribution < 1.29 is 55.0 Å². The molecule has 4 heteroatoms. The number of rotatable bonds is 0. The van der Waals surface area contributed by atoms with E-state index in [-0.39, 0.29) is 104 Å². The van der Waals surface area contributed by atoms with Gasteiger partial charge in [-0.3, -0.25) is 0 Å². The van der Waals surface area contributed by atoms with Crippen LogP contribution in [0.15, 0.2) is 0 Å². The first kappa shape index (κ1) is 25.8. The summed E-state index contributed by atoms with van der Waals surface area (Å²) < 4.78 is 0. The normalized spacial score (nSPS) is 0. The molecule has 0 unspecified atom stereocenters. The molecule has 0 saturated heterocycles. The zero-order valence-electron chi connectivity index (χ0n) is 1.91.